The van der Waals surface area contributed by atoms with Crippen molar-refractivity contribution in [3.8, 4) is 0 Å². The molecule has 2 heterocycles. The summed E-state index contributed by atoms with van der Waals surface area (Å²) in [6.07, 6.45) is 5.52. The van der Waals surface area contributed by atoms with E-state index < -0.39 is 0 Å². The van der Waals surface area contributed by atoms with Crippen LogP contribution in [0.1, 0.15) is 44.1 Å². The maximum absolute atomic E-state index is 4.41. The summed E-state index contributed by atoms with van der Waals surface area (Å²) in [5.41, 5.74) is 2.41. The summed E-state index contributed by atoms with van der Waals surface area (Å²) in [5, 5.41) is 7.91. The number of nitrogens with one attached hydrogen (secondary N) is 1. The van der Waals surface area contributed by atoms with Gasteiger partial charge in [0.1, 0.15) is 0 Å². The molecule has 0 aliphatic heterocycles. The van der Waals surface area contributed by atoms with Crippen LogP contribution in [0.2, 0.25) is 0 Å². The topological polar surface area (TPSA) is 42.7 Å². The van der Waals surface area contributed by atoms with E-state index in [0.29, 0.717) is 6.04 Å². The summed E-state index contributed by atoms with van der Waals surface area (Å²) < 4.78 is 2.06. The third kappa shape index (κ3) is 2.59. The van der Waals surface area contributed by atoms with Gasteiger partial charge in [-0.15, -0.1) is 0 Å². The summed E-state index contributed by atoms with van der Waals surface area (Å²) in [4.78, 5) is 4.08. The molecule has 4 nitrogen and oxygen atoms in total. The minimum absolute atomic E-state index is 0.169. The van der Waals surface area contributed by atoms with E-state index in [1.165, 1.54) is 11.3 Å². The molecule has 0 spiro atoms. The van der Waals surface area contributed by atoms with E-state index in [-0.39, 0.29) is 6.04 Å². The highest BCUT2D eigenvalue weighted by Gasteiger charge is 2.18. The van der Waals surface area contributed by atoms with Gasteiger partial charge in [0.2, 0.25) is 0 Å². The molecule has 2 aromatic rings. The van der Waals surface area contributed by atoms with Crippen LogP contribution >= 0.6 is 0 Å². The van der Waals surface area contributed by atoms with E-state index in [0.717, 1.165) is 6.54 Å². The lowest BCUT2D eigenvalue weighted by molar-refractivity contribution is 0.476. The molecular formula is C14H20N4. The largest absolute Gasteiger partial charge is 0.305 e. The van der Waals surface area contributed by atoms with Gasteiger partial charge in [-0.2, -0.15) is 5.10 Å². The molecule has 1 unspecified atom stereocenters. The number of pyridine rings is 1. The highest BCUT2D eigenvalue weighted by Crippen LogP contribution is 2.23. The van der Waals surface area contributed by atoms with Crippen LogP contribution in [-0.4, -0.2) is 21.3 Å². The van der Waals surface area contributed by atoms with Gasteiger partial charge in [-0.25, -0.2) is 0 Å². The Morgan fingerprint density at radius 2 is 1.89 bits per heavy atom. The Bertz CT molecular complexity index is 476. The van der Waals surface area contributed by atoms with Crippen molar-refractivity contribution in [1.29, 1.82) is 0 Å². The Labute approximate surface area is 108 Å². The van der Waals surface area contributed by atoms with Crippen molar-refractivity contribution in [2.24, 2.45) is 0 Å². The maximum atomic E-state index is 4.41. The second-order valence-corrected chi connectivity index (χ2v) is 4.57. The molecule has 1 atom stereocenters. The molecule has 1 N–H and O–H groups in total. The molecule has 2 aromatic heterocycles. The normalized spacial score (nSPS) is 12.9. The van der Waals surface area contributed by atoms with Crippen molar-refractivity contribution in [1.82, 2.24) is 20.1 Å². The SMILES string of the molecule is CCNC(c1ccncc1)c1ccnn1C(C)C. The van der Waals surface area contributed by atoms with Crippen molar-refractivity contribution in [2.45, 2.75) is 32.9 Å². The third-order valence-corrected chi connectivity index (χ3v) is 2.93. The molecule has 0 aliphatic carbocycles. The molecule has 96 valence electrons. The lowest BCUT2D eigenvalue weighted by atomic mass is 10.0. The minimum atomic E-state index is 0.169. The lowest BCUT2D eigenvalue weighted by Crippen LogP contribution is -2.25. The first-order valence-corrected chi connectivity index (χ1v) is 6.40. The number of rotatable bonds is 5. The minimum Gasteiger partial charge on any atom is -0.305 e. The predicted molar refractivity (Wildman–Crippen MR) is 72.4 cm³/mol. The molecular weight excluding hydrogens is 224 g/mol. The Kier molecular flexibility index (Phi) is 4.10. The smallest absolute Gasteiger partial charge is 0.0749 e. The first-order valence-electron chi connectivity index (χ1n) is 6.40. The molecule has 0 radical (unpaired) electrons. The fourth-order valence-electron chi connectivity index (χ4n) is 2.14. The van der Waals surface area contributed by atoms with Gasteiger partial charge >= 0.3 is 0 Å². The van der Waals surface area contributed by atoms with Crippen LogP contribution in [-0.2, 0) is 0 Å². The zero-order valence-electron chi connectivity index (χ0n) is 11.2. The van der Waals surface area contributed by atoms with Gasteiger partial charge in [-0.05, 0) is 44.2 Å². The van der Waals surface area contributed by atoms with E-state index in [9.17, 15) is 0 Å². The molecule has 0 saturated heterocycles. The second-order valence-electron chi connectivity index (χ2n) is 4.57. The highest BCUT2D eigenvalue weighted by molar-refractivity contribution is 5.25. The first kappa shape index (κ1) is 12.8. The molecule has 4 heteroatoms. The zero-order chi connectivity index (χ0) is 13.0. The van der Waals surface area contributed by atoms with Crippen molar-refractivity contribution in [2.75, 3.05) is 6.54 Å². The Morgan fingerprint density at radius 1 is 1.17 bits per heavy atom. The van der Waals surface area contributed by atoms with Crippen molar-refractivity contribution < 1.29 is 0 Å². The molecule has 0 aliphatic rings. The summed E-state index contributed by atoms with van der Waals surface area (Å²) in [6, 6.07) is 6.70. The average molecular weight is 244 g/mol. The Morgan fingerprint density at radius 3 is 2.50 bits per heavy atom. The molecule has 18 heavy (non-hydrogen) atoms. The molecule has 0 amide bonds. The van der Waals surface area contributed by atoms with Crippen molar-refractivity contribution in [3.63, 3.8) is 0 Å². The molecule has 2 rings (SSSR count). The van der Waals surface area contributed by atoms with Gasteiger partial charge in [0.15, 0.2) is 0 Å². The van der Waals surface area contributed by atoms with Crippen molar-refractivity contribution >= 4 is 0 Å². The van der Waals surface area contributed by atoms with Gasteiger partial charge in [0, 0.05) is 24.6 Å². The first-order chi connectivity index (χ1) is 8.74. The standard InChI is InChI=1S/C14H20N4/c1-4-16-14(12-5-8-15-9-6-12)13-7-10-17-18(13)11(2)3/h5-11,14,16H,4H2,1-3H3. The highest BCUT2D eigenvalue weighted by atomic mass is 15.3. The monoisotopic (exact) mass is 244 g/mol. The second kappa shape index (κ2) is 5.78. The number of aromatic nitrogens is 3. The van der Waals surface area contributed by atoms with Gasteiger partial charge in [0.05, 0.1) is 11.7 Å². The summed E-state index contributed by atoms with van der Waals surface area (Å²) in [5.74, 6) is 0. The van der Waals surface area contributed by atoms with Gasteiger partial charge in [0.25, 0.3) is 0 Å². The summed E-state index contributed by atoms with van der Waals surface area (Å²) >= 11 is 0. The average Bonchev–Trinajstić information content (AvgIpc) is 2.86. The lowest BCUT2D eigenvalue weighted by Gasteiger charge is -2.21. The van der Waals surface area contributed by atoms with Crippen LogP contribution in [0.4, 0.5) is 0 Å². The van der Waals surface area contributed by atoms with E-state index >= 15 is 0 Å². The molecule has 0 bridgehead atoms. The Hall–Kier alpha value is -1.68. The predicted octanol–water partition coefficient (Wildman–Crippen LogP) is 2.56. The van der Waals surface area contributed by atoms with E-state index in [4.69, 9.17) is 0 Å². The van der Waals surface area contributed by atoms with Crippen molar-refractivity contribution in [3.05, 3.63) is 48.0 Å². The summed E-state index contributed by atoms with van der Waals surface area (Å²) in [6.45, 7) is 7.32. The number of hydrogen-bond donors (Lipinski definition) is 1. The van der Waals surface area contributed by atoms with Crippen LogP contribution in [0.25, 0.3) is 0 Å². The number of nitrogens with zero attached hydrogens (tertiary/aromatic N) is 3. The van der Waals surface area contributed by atoms with Crippen LogP contribution in [0, 0.1) is 0 Å². The molecule has 0 saturated carbocycles. The van der Waals surface area contributed by atoms with Gasteiger partial charge in [-0.3, -0.25) is 9.67 Å². The van der Waals surface area contributed by atoms with Crippen LogP contribution < -0.4 is 5.32 Å². The van der Waals surface area contributed by atoms with Crippen LogP contribution in [0.5, 0.6) is 0 Å². The molecule has 0 fully saturated rings. The zero-order valence-corrected chi connectivity index (χ0v) is 11.2. The fraction of sp³-hybridized carbons (Fsp3) is 0.429. The fourth-order valence-corrected chi connectivity index (χ4v) is 2.14. The van der Waals surface area contributed by atoms with Crippen LogP contribution in [0.3, 0.4) is 0 Å². The Balaban J connectivity index is 2.39. The van der Waals surface area contributed by atoms with Gasteiger partial charge in [-0.1, -0.05) is 6.92 Å². The summed E-state index contributed by atoms with van der Waals surface area (Å²) in [7, 11) is 0. The molecule has 0 aromatic carbocycles. The van der Waals surface area contributed by atoms with E-state index in [1.807, 2.05) is 30.7 Å². The van der Waals surface area contributed by atoms with E-state index in [2.05, 4.69) is 46.9 Å². The number of hydrogen-bond acceptors (Lipinski definition) is 3. The van der Waals surface area contributed by atoms with Gasteiger partial charge < -0.3 is 5.32 Å². The maximum Gasteiger partial charge on any atom is 0.0749 e. The van der Waals surface area contributed by atoms with Crippen LogP contribution in [0.15, 0.2) is 36.8 Å². The van der Waals surface area contributed by atoms with E-state index in [1.54, 1.807) is 0 Å². The quantitative estimate of drug-likeness (QED) is 0.879. The third-order valence-electron chi connectivity index (χ3n) is 2.93.